The van der Waals surface area contributed by atoms with E-state index >= 15 is 0 Å². The Hall–Kier alpha value is -0.860. The molecule has 0 saturated heterocycles. The van der Waals surface area contributed by atoms with Gasteiger partial charge >= 0.3 is 0 Å². The number of nitrogens with two attached hydrogens (primary N) is 1. The lowest BCUT2D eigenvalue weighted by Crippen LogP contribution is -2.32. The summed E-state index contributed by atoms with van der Waals surface area (Å²) in [4.78, 5) is 2.47. The van der Waals surface area contributed by atoms with Crippen molar-refractivity contribution in [3.8, 4) is 0 Å². The molecule has 1 unspecified atom stereocenters. The second-order valence-corrected chi connectivity index (χ2v) is 6.04. The topological polar surface area (TPSA) is 29.3 Å². The average Bonchev–Trinajstić information content (AvgIpc) is 3.25. The van der Waals surface area contributed by atoms with E-state index in [0.717, 1.165) is 18.4 Å². The van der Waals surface area contributed by atoms with Crippen molar-refractivity contribution in [3.05, 3.63) is 35.4 Å². The molecule has 2 N–H and O–H groups in total. The predicted molar refractivity (Wildman–Crippen MR) is 75.6 cm³/mol. The number of nitrogens with zero attached hydrogens (tertiary/aromatic N) is 1. The molecule has 98 valence electrons. The Kier molecular flexibility index (Phi) is 3.40. The van der Waals surface area contributed by atoms with Crippen molar-refractivity contribution in [2.75, 3.05) is 20.1 Å². The first-order valence-electron chi connectivity index (χ1n) is 7.28. The van der Waals surface area contributed by atoms with Gasteiger partial charge in [0.1, 0.15) is 0 Å². The monoisotopic (exact) mass is 244 g/mol. The minimum Gasteiger partial charge on any atom is -0.329 e. The molecule has 0 aromatic heterocycles. The first-order chi connectivity index (χ1) is 8.79. The molecule has 2 heteroatoms. The third-order valence-corrected chi connectivity index (χ3v) is 4.37. The highest BCUT2D eigenvalue weighted by Gasteiger charge is 2.30. The van der Waals surface area contributed by atoms with Gasteiger partial charge in [-0.05, 0) is 55.7 Å². The highest BCUT2D eigenvalue weighted by molar-refractivity contribution is 5.35. The molecular weight excluding hydrogens is 220 g/mol. The van der Waals surface area contributed by atoms with Crippen LogP contribution in [0.5, 0.6) is 0 Å². The maximum atomic E-state index is 6.05. The lowest BCUT2D eigenvalue weighted by molar-refractivity contribution is 0.239. The van der Waals surface area contributed by atoms with Crippen LogP contribution in [0.1, 0.15) is 48.8 Å². The molecule has 2 aliphatic carbocycles. The largest absolute Gasteiger partial charge is 0.329 e. The summed E-state index contributed by atoms with van der Waals surface area (Å²) in [7, 11) is 2.24. The highest BCUT2D eigenvalue weighted by atomic mass is 15.1. The maximum absolute atomic E-state index is 6.05. The van der Waals surface area contributed by atoms with Gasteiger partial charge in [0.25, 0.3) is 0 Å². The standard InChI is InChI=1S/C16H24N2/c1-18(11-12-6-7-12)16(10-17)15-5-3-2-4-14(15)13-8-9-13/h2-5,12-13,16H,6-11,17H2,1H3. The molecule has 2 nitrogen and oxygen atoms in total. The number of likely N-dealkylation sites (N-methyl/N-ethyl adjacent to an activating group) is 1. The number of benzene rings is 1. The van der Waals surface area contributed by atoms with Crippen molar-refractivity contribution in [2.45, 2.75) is 37.6 Å². The van der Waals surface area contributed by atoms with E-state index in [4.69, 9.17) is 5.73 Å². The highest BCUT2D eigenvalue weighted by Crippen LogP contribution is 2.43. The van der Waals surface area contributed by atoms with Gasteiger partial charge in [-0.2, -0.15) is 0 Å². The molecule has 2 fully saturated rings. The van der Waals surface area contributed by atoms with Gasteiger partial charge in [-0.1, -0.05) is 24.3 Å². The quantitative estimate of drug-likeness (QED) is 0.833. The normalized spacial score (nSPS) is 21.3. The van der Waals surface area contributed by atoms with Gasteiger partial charge in [0.05, 0.1) is 0 Å². The van der Waals surface area contributed by atoms with Gasteiger partial charge in [0.15, 0.2) is 0 Å². The molecule has 3 rings (SSSR count). The van der Waals surface area contributed by atoms with Crippen LogP contribution in [0, 0.1) is 5.92 Å². The van der Waals surface area contributed by atoms with Crippen LogP contribution in [0.15, 0.2) is 24.3 Å². The zero-order valence-electron chi connectivity index (χ0n) is 11.3. The lowest BCUT2D eigenvalue weighted by atomic mass is 9.96. The Bertz CT molecular complexity index is 407. The second kappa shape index (κ2) is 5.02. The first-order valence-corrected chi connectivity index (χ1v) is 7.28. The Morgan fingerprint density at radius 2 is 1.94 bits per heavy atom. The molecule has 0 radical (unpaired) electrons. The Morgan fingerprint density at radius 1 is 1.22 bits per heavy atom. The zero-order valence-corrected chi connectivity index (χ0v) is 11.3. The molecule has 1 aromatic rings. The van der Waals surface area contributed by atoms with E-state index in [0.29, 0.717) is 6.04 Å². The van der Waals surface area contributed by atoms with E-state index in [2.05, 4.69) is 36.2 Å². The predicted octanol–water partition coefficient (Wildman–Crippen LogP) is 2.91. The van der Waals surface area contributed by atoms with E-state index < -0.39 is 0 Å². The van der Waals surface area contributed by atoms with Gasteiger partial charge in [-0.25, -0.2) is 0 Å². The third-order valence-electron chi connectivity index (χ3n) is 4.37. The molecule has 2 aliphatic rings. The fraction of sp³-hybridized carbons (Fsp3) is 0.625. The van der Waals surface area contributed by atoms with Crippen LogP contribution >= 0.6 is 0 Å². The van der Waals surface area contributed by atoms with Crippen LogP contribution in [0.4, 0.5) is 0 Å². The van der Waals surface area contributed by atoms with Crippen LogP contribution in [0.25, 0.3) is 0 Å². The maximum Gasteiger partial charge on any atom is 0.0470 e. The lowest BCUT2D eigenvalue weighted by Gasteiger charge is -2.29. The fourth-order valence-corrected chi connectivity index (χ4v) is 2.96. The molecule has 18 heavy (non-hydrogen) atoms. The molecule has 2 saturated carbocycles. The van der Waals surface area contributed by atoms with E-state index in [9.17, 15) is 0 Å². The fourth-order valence-electron chi connectivity index (χ4n) is 2.96. The summed E-state index contributed by atoms with van der Waals surface area (Å²) in [6, 6.07) is 9.33. The Balaban J connectivity index is 1.80. The summed E-state index contributed by atoms with van der Waals surface area (Å²) in [6.45, 7) is 1.94. The SMILES string of the molecule is CN(CC1CC1)C(CN)c1ccccc1C1CC1. The summed E-state index contributed by atoms with van der Waals surface area (Å²) in [5, 5.41) is 0. The van der Waals surface area contributed by atoms with E-state index in [1.807, 2.05) is 0 Å². The molecule has 0 amide bonds. The average molecular weight is 244 g/mol. The molecular formula is C16H24N2. The number of hydrogen-bond donors (Lipinski definition) is 1. The molecule has 0 bridgehead atoms. The van der Waals surface area contributed by atoms with Crippen molar-refractivity contribution in [2.24, 2.45) is 11.7 Å². The van der Waals surface area contributed by atoms with Gasteiger partial charge in [-0.3, -0.25) is 4.90 Å². The minimum absolute atomic E-state index is 0.405. The van der Waals surface area contributed by atoms with Crippen LogP contribution in [-0.2, 0) is 0 Å². The molecule has 0 spiro atoms. The van der Waals surface area contributed by atoms with E-state index in [1.165, 1.54) is 37.8 Å². The van der Waals surface area contributed by atoms with Crippen LogP contribution in [-0.4, -0.2) is 25.0 Å². The summed E-state index contributed by atoms with van der Waals surface area (Å²) < 4.78 is 0. The van der Waals surface area contributed by atoms with Crippen molar-refractivity contribution >= 4 is 0 Å². The summed E-state index contributed by atoms with van der Waals surface area (Å²) in [5.74, 6) is 1.74. The Labute approximate surface area is 110 Å². The number of hydrogen-bond acceptors (Lipinski definition) is 2. The van der Waals surface area contributed by atoms with Crippen molar-refractivity contribution in [1.82, 2.24) is 4.90 Å². The zero-order chi connectivity index (χ0) is 12.5. The van der Waals surface area contributed by atoms with Crippen LogP contribution in [0.3, 0.4) is 0 Å². The second-order valence-electron chi connectivity index (χ2n) is 6.04. The van der Waals surface area contributed by atoms with Crippen molar-refractivity contribution < 1.29 is 0 Å². The third kappa shape index (κ3) is 2.60. The van der Waals surface area contributed by atoms with Crippen LogP contribution < -0.4 is 5.73 Å². The van der Waals surface area contributed by atoms with Crippen LogP contribution in [0.2, 0.25) is 0 Å². The smallest absolute Gasteiger partial charge is 0.0470 e. The van der Waals surface area contributed by atoms with Gasteiger partial charge < -0.3 is 5.73 Å². The van der Waals surface area contributed by atoms with Gasteiger partial charge in [0, 0.05) is 19.1 Å². The first kappa shape index (κ1) is 12.2. The molecule has 0 heterocycles. The number of rotatable bonds is 6. The van der Waals surface area contributed by atoms with E-state index in [-0.39, 0.29) is 0 Å². The van der Waals surface area contributed by atoms with E-state index in [1.54, 1.807) is 5.56 Å². The molecule has 1 atom stereocenters. The van der Waals surface area contributed by atoms with Gasteiger partial charge in [-0.15, -0.1) is 0 Å². The minimum atomic E-state index is 0.405. The molecule has 1 aromatic carbocycles. The summed E-state index contributed by atoms with van der Waals surface area (Å²) in [5.41, 5.74) is 9.08. The van der Waals surface area contributed by atoms with Crippen molar-refractivity contribution in [3.63, 3.8) is 0 Å². The van der Waals surface area contributed by atoms with Gasteiger partial charge in [0.2, 0.25) is 0 Å². The summed E-state index contributed by atoms with van der Waals surface area (Å²) in [6.07, 6.45) is 5.54. The van der Waals surface area contributed by atoms with Crippen molar-refractivity contribution in [1.29, 1.82) is 0 Å². The summed E-state index contributed by atoms with van der Waals surface area (Å²) >= 11 is 0. The molecule has 0 aliphatic heterocycles. The Morgan fingerprint density at radius 3 is 2.56 bits per heavy atom.